The number of nitrogens with one attached hydrogen (secondary N) is 1. The Morgan fingerprint density at radius 2 is 1.90 bits per heavy atom. The molecule has 0 aliphatic carbocycles. The molecule has 1 aromatic rings. The summed E-state index contributed by atoms with van der Waals surface area (Å²) in [5.74, 6) is 0.0831. The van der Waals surface area contributed by atoms with Crippen LogP contribution in [-0.2, 0) is 0 Å². The fraction of sp³-hybridized carbons (Fsp3) is 0.562. The van der Waals surface area contributed by atoms with Crippen LogP contribution in [0.3, 0.4) is 0 Å². The Bertz CT molecular complexity index is 443. The van der Waals surface area contributed by atoms with Crippen molar-refractivity contribution in [2.45, 2.75) is 20.3 Å². The van der Waals surface area contributed by atoms with Crippen LogP contribution in [0.5, 0.6) is 0 Å². The highest BCUT2D eigenvalue weighted by Crippen LogP contribution is 2.19. The third-order valence-corrected chi connectivity index (χ3v) is 3.22. The van der Waals surface area contributed by atoms with E-state index in [1.165, 1.54) is 0 Å². The summed E-state index contributed by atoms with van der Waals surface area (Å²) in [7, 11) is 5.96. The first-order valence-corrected chi connectivity index (χ1v) is 7.20. The maximum absolute atomic E-state index is 12.5. The van der Waals surface area contributed by atoms with Crippen molar-refractivity contribution in [3.05, 3.63) is 29.3 Å². The number of carbonyl (C=O) groups is 1. The molecule has 1 amide bonds. The van der Waals surface area contributed by atoms with Gasteiger partial charge >= 0.3 is 0 Å². The molecule has 0 aromatic heterocycles. The van der Waals surface area contributed by atoms with E-state index < -0.39 is 0 Å². The van der Waals surface area contributed by atoms with Crippen molar-refractivity contribution in [3.63, 3.8) is 0 Å². The minimum Gasteiger partial charge on any atom is -0.385 e. The second-order valence-corrected chi connectivity index (χ2v) is 5.46. The van der Waals surface area contributed by atoms with E-state index in [0.29, 0.717) is 0 Å². The first-order valence-electron chi connectivity index (χ1n) is 7.20. The number of benzene rings is 1. The number of amides is 1. The minimum absolute atomic E-state index is 0.0831. The molecule has 1 aromatic carbocycles. The van der Waals surface area contributed by atoms with Crippen molar-refractivity contribution in [3.8, 4) is 0 Å². The fourth-order valence-corrected chi connectivity index (χ4v) is 2.11. The van der Waals surface area contributed by atoms with Gasteiger partial charge in [0.2, 0.25) is 0 Å². The Morgan fingerprint density at radius 1 is 1.20 bits per heavy atom. The summed E-state index contributed by atoms with van der Waals surface area (Å²) < 4.78 is 0. The highest BCUT2D eigenvalue weighted by atomic mass is 16.2. The van der Waals surface area contributed by atoms with Crippen LogP contribution in [0, 0.1) is 6.92 Å². The topological polar surface area (TPSA) is 35.6 Å². The Hall–Kier alpha value is -1.55. The molecule has 0 heterocycles. The molecule has 0 saturated carbocycles. The SMILES string of the molecule is CCNc1cc(C)ccc1C(=O)N(C)CCCN(C)C. The number of hydrogen-bond donors (Lipinski definition) is 1. The van der Waals surface area contributed by atoms with Gasteiger partial charge in [-0.1, -0.05) is 6.07 Å². The lowest BCUT2D eigenvalue weighted by Gasteiger charge is -2.20. The molecule has 0 bridgehead atoms. The van der Waals surface area contributed by atoms with Crippen molar-refractivity contribution < 1.29 is 4.79 Å². The number of hydrogen-bond acceptors (Lipinski definition) is 3. The summed E-state index contributed by atoms with van der Waals surface area (Å²) in [4.78, 5) is 16.4. The van der Waals surface area contributed by atoms with Crippen LogP contribution < -0.4 is 5.32 Å². The third kappa shape index (κ3) is 4.85. The molecule has 1 rings (SSSR count). The van der Waals surface area contributed by atoms with Gasteiger partial charge in [-0.2, -0.15) is 0 Å². The van der Waals surface area contributed by atoms with Gasteiger partial charge < -0.3 is 15.1 Å². The van der Waals surface area contributed by atoms with E-state index in [9.17, 15) is 4.79 Å². The molecule has 1 N–H and O–H groups in total. The smallest absolute Gasteiger partial charge is 0.255 e. The summed E-state index contributed by atoms with van der Waals surface area (Å²) in [6, 6.07) is 5.93. The number of nitrogens with zero attached hydrogens (tertiary/aromatic N) is 2. The summed E-state index contributed by atoms with van der Waals surface area (Å²) in [6.07, 6.45) is 0.984. The van der Waals surface area contributed by atoms with Gasteiger partial charge in [-0.15, -0.1) is 0 Å². The number of rotatable bonds is 7. The van der Waals surface area contributed by atoms with Crippen molar-refractivity contribution in [1.82, 2.24) is 9.80 Å². The van der Waals surface area contributed by atoms with E-state index >= 15 is 0 Å². The lowest BCUT2D eigenvalue weighted by atomic mass is 10.1. The predicted octanol–water partition coefficient (Wildman–Crippen LogP) is 2.45. The highest BCUT2D eigenvalue weighted by molar-refractivity contribution is 5.99. The molecule has 0 aliphatic rings. The van der Waals surface area contributed by atoms with Crippen molar-refractivity contribution in [1.29, 1.82) is 0 Å². The van der Waals surface area contributed by atoms with Crippen LogP contribution in [0.1, 0.15) is 29.3 Å². The molecule has 0 saturated heterocycles. The molecule has 0 spiro atoms. The summed E-state index contributed by atoms with van der Waals surface area (Å²) in [6.45, 7) is 6.66. The van der Waals surface area contributed by atoms with E-state index in [0.717, 1.165) is 42.9 Å². The average molecular weight is 277 g/mol. The molecule has 4 heteroatoms. The Balaban J connectivity index is 2.75. The molecule has 20 heavy (non-hydrogen) atoms. The molecular formula is C16H27N3O. The van der Waals surface area contributed by atoms with Gasteiger partial charge in [0.15, 0.2) is 0 Å². The standard InChI is InChI=1S/C16H27N3O/c1-6-17-15-12-13(2)8-9-14(15)16(20)19(5)11-7-10-18(3)4/h8-9,12,17H,6-7,10-11H2,1-5H3. The molecule has 0 radical (unpaired) electrons. The normalized spacial score (nSPS) is 10.7. The Labute approximate surface area is 122 Å². The van der Waals surface area contributed by atoms with Crippen molar-refractivity contribution in [2.75, 3.05) is 46.1 Å². The van der Waals surface area contributed by atoms with Gasteiger partial charge in [0.05, 0.1) is 5.56 Å². The zero-order chi connectivity index (χ0) is 15.1. The third-order valence-electron chi connectivity index (χ3n) is 3.22. The van der Waals surface area contributed by atoms with Gasteiger partial charge in [0.1, 0.15) is 0 Å². The Morgan fingerprint density at radius 3 is 2.50 bits per heavy atom. The van der Waals surface area contributed by atoms with E-state index in [-0.39, 0.29) is 5.91 Å². The molecule has 112 valence electrons. The number of carbonyl (C=O) groups excluding carboxylic acids is 1. The van der Waals surface area contributed by atoms with Gasteiger partial charge in [-0.05, 0) is 58.6 Å². The van der Waals surface area contributed by atoms with Gasteiger partial charge in [0, 0.05) is 25.8 Å². The highest BCUT2D eigenvalue weighted by Gasteiger charge is 2.15. The predicted molar refractivity (Wildman–Crippen MR) is 85.5 cm³/mol. The van der Waals surface area contributed by atoms with Crippen LogP contribution in [0.15, 0.2) is 18.2 Å². The molecular weight excluding hydrogens is 250 g/mol. The molecule has 0 atom stereocenters. The first kappa shape index (κ1) is 16.5. The Kier molecular flexibility index (Phi) is 6.52. The van der Waals surface area contributed by atoms with E-state index in [1.807, 2.05) is 53.2 Å². The number of anilines is 1. The zero-order valence-corrected chi connectivity index (χ0v) is 13.4. The van der Waals surface area contributed by atoms with Crippen molar-refractivity contribution in [2.24, 2.45) is 0 Å². The quantitative estimate of drug-likeness (QED) is 0.831. The number of aryl methyl sites for hydroxylation is 1. The lowest BCUT2D eigenvalue weighted by molar-refractivity contribution is 0.0791. The summed E-state index contributed by atoms with van der Waals surface area (Å²) in [5, 5.41) is 3.27. The maximum Gasteiger partial charge on any atom is 0.255 e. The van der Waals surface area contributed by atoms with E-state index in [1.54, 1.807) is 4.90 Å². The van der Waals surface area contributed by atoms with Gasteiger partial charge in [-0.25, -0.2) is 0 Å². The second-order valence-electron chi connectivity index (χ2n) is 5.46. The molecule has 4 nitrogen and oxygen atoms in total. The van der Waals surface area contributed by atoms with E-state index in [4.69, 9.17) is 0 Å². The first-order chi connectivity index (χ1) is 9.45. The van der Waals surface area contributed by atoms with Crippen LogP contribution in [0.4, 0.5) is 5.69 Å². The zero-order valence-electron chi connectivity index (χ0n) is 13.4. The van der Waals surface area contributed by atoms with E-state index in [2.05, 4.69) is 10.2 Å². The summed E-state index contributed by atoms with van der Waals surface area (Å²) in [5.41, 5.74) is 2.84. The molecule has 0 fully saturated rings. The van der Waals surface area contributed by atoms with Gasteiger partial charge in [-0.3, -0.25) is 4.79 Å². The monoisotopic (exact) mass is 277 g/mol. The fourth-order valence-electron chi connectivity index (χ4n) is 2.11. The van der Waals surface area contributed by atoms with Gasteiger partial charge in [0.25, 0.3) is 5.91 Å². The maximum atomic E-state index is 12.5. The average Bonchev–Trinajstić information content (AvgIpc) is 2.38. The van der Waals surface area contributed by atoms with Crippen LogP contribution in [-0.4, -0.2) is 56.5 Å². The second kappa shape index (κ2) is 7.90. The van der Waals surface area contributed by atoms with Crippen LogP contribution in [0.2, 0.25) is 0 Å². The van der Waals surface area contributed by atoms with Crippen LogP contribution >= 0.6 is 0 Å². The lowest BCUT2D eigenvalue weighted by Crippen LogP contribution is -2.30. The van der Waals surface area contributed by atoms with Crippen LogP contribution in [0.25, 0.3) is 0 Å². The van der Waals surface area contributed by atoms with Crippen molar-refractivity contribution >= 4 is 11.6 Å². The molecule has 0 unspecified atom stereocenters. The molecule has 0 aliphatic heterocycles. The largest absolute Gasteiger partial charge is 0.385 e. The summed E-state index contributed by atoms with van der Waals surface area (Å²) >= 11 is 0. The minimum atomic E-state index is 0.0831.